The second-order valence-electron chi connectivity index (χ2n) is 4.35. The van der Waals surface area contributed by atoms with E-state index in [4.69, 9.17) is 4.74 Å². The number of H-pyrrole nitrogens is 1. The van der Waals surface area contributed by atoms with Gasteiger partial charge in [0.25, 0.3) is 5.91 Å². The minimum Gasteiger partial charge on any atom is -0.496 e. The van der Waals surface area contributed by atoms with Gasteiger partial charge in [-0.1, -0.05) is 27.8 Å². The maximum absolute atomic E-state index is 12.1. The fourth-order valence-electron chi connectivity index (χ4n) is 1.86. The third kappa shape index (κ3) is 4.38. The molecule has 0 radical (unpaired) electrons. The summed E-state index contributed by atoms with van der Waals surface area (Å²) in [6.07, 6.45) is 1.44. The molecule has 2 rings (SSSR count). The number of halogens is 1. The zero-order valence-corrected chi connectivity index (χ0v) is 13.8. The lowest BCUT2D eigenvalue weighted by Gasteiger charge is -2.09. The van der Waals surface area contributed by atoms with E-state index in [1.54, 1.807) is 13.2 Å². The standard InChI is InChI=1S/C13H16IN5O2/c1-21-11-5-4-9(7-10(11)8-14)13(20)15-6-2-3-12-16-18-19-17-12/h4-5,7H,2-3,6,8H2,1H3,(H,15,20)(H,16,17,18,19). The Balaban J connectivity index is 1.85. The van der Waals surface area contributed by atoms with Crippen molar-refractivity contribution in [2.24, 2.45) is 0 Å². The van der Waals surface area contributed by atoms with Gasteiger partial charge >= 0.3 is 0 Å². The van der Waals surface area contributed by atoms with E-state index in [1.807, 2.05) is 12.1 Å². The maximum atomic E-state index is 12.1. The van der Waals surface area contributed by atoms with Gasteiger partial charge in [-0.3, -0.25) is 4.79 Å². The molecule has 0 aliphatic carbocycles. The number of amides is 1. The Hall–Kier alpha value is -1.71. The van der Waals surface area contributed by atoms with Crippen molar-refractivity contribution >= 4 is 28.5 Å². The molecular formula is C13H16IN5O2. The van der Waals surface area contributed by atoms with Crippen LogP contribution in [0.4, 0.5) is 0 Å². The normalized spacial score (nSPS) is 10.4. The highest BCUT2D eigenvalue weighted by Crippen LogP contribution is 2.22. The molecule has 2 N–H and O–H groups in total. The van der Waals surface area contributed by atoms with Gasteiger partial charge in [0.1, 0.15) is 5.75 Å². The van der Waals surface area contributed by atoms with Crippen LogP contribution >= 0.6 is 22.6 Å². The Morgan fingerprint density at radius 2 is 2.33 bits per heavy atom. The molecule has 0 atom stereocenters. The third-order valence-corrected chi connectivity index (χ3v) is 3.76. The van der Waals surface area contributed by atoms with Crippen molar-refractivity contribution in [1.29, 1.82) is 0 Å². The van der Waals surface area contributed by atoms with Crippen LogP contribution in [0.1, 0.15) is 28.2 Å². The van der Waals surface area contributed by atoms with Crippen molar-refractivity contribution in [2.75, 3.05) is 13.7 Å². The molecule has 21 heavy (non-hydrogen) atoms. The molecule has 0 bridgehead atoms. The molecule has 2 aromatic rings. The van der Waals surface area contributed by atoms with Gasteiger partial charge < -0.3 is 10.1 Å². The van der Waals surface area contributed by atoms with E-state index >= 15 is 0 Å². The smallest absolute Gasteiger partial charge is 0.251 e. The highest BCUT2D eigenvalue weighted by atomic mass is 127. The molecule has 0 saturated carbocycles. The average Bonchev–Trinajstić information content (AvgIpc) is 3.04. The van der Waals surface area contributed by atoms with Gasteiger partial charge in [-0.05, 0) is 24.6 Å². The molecule has 8 heteroatoms. The number of carbonyl (C=O) groups is 1. The highest BCUT2D eigenvalue weighted by Gasteiger charge is 2.09. The number of methoxy groups -OCH3 is 1. The number of benzene rings is 1. The summed E-state index contributed by atoms with van der Waals surface area (Å²) in [5.74, 6) is 1.37. The third-order valence-electron chi connectivity index (χ3n) is 2.94. The van der Waals surface area contributed by atoms with Crippen molar-refractivity contribution in [3.63, 3.8) is 0 Å². The maximum Gasteiger partial charge on any atom is 0.251 e. The monoisotopic (exact) mass is 401 g/mol. The molecule has 0 saturated heterocycles. The minimum absolute atomic E-state index is 0.0862. The van der Waals surface area contributed by atoms with E-state index in [1.165, 1.54) is 0 Å². The second kappa shape index (κ2) is 7.91. The lowest BCUT2D eigenvalue weighted by atomic mass is 10.1. The van der Waals surface area contributed by atoms with Crippen LogP contribution in [0.3, 0.4) is 0 Å². The SMILES string of the molecule is COc1ccc(C(=O)NCCCc2nn[nH]n2)cc1CI. The first-order valence-electron chi connectivity index (χ1n) is 6.48. The lowest BCUT2D eigenvalue weighted by molar-refractivity contribution is 0.0953. The molecule has 112 valence electrons. The highest BCUT2D eigenvalue weighted by molar-refractivity contribution is 14.1. The number of hydrogen-bond acceptors (Lipinski definition) is 5. The number of aromatic nitrogens is 4. The predicted molar refractivity (Wildman–Crippen MR) is 85.5 cm³/mol. The minimum atomic E-state index is -0.0862. The summed E-state index contributed by atoms with van der Waals surface area (Å²) in [6.45, 7) is 0.568. The van der Waals surface area contributed by atoms with Crippen LogP contribution in [0.15, 0.2) is 18.2 Å². The Morgan fingerprint density at radius 3 is 3.00 bits per heavy atom. The Labute approximate surface area is 136 Å². The summed E-state index contributed by atoms with van der Waals surface area (Å²) in [5.41, 5.74) is 1.65. The summed E-state index contributed by atoms with van der Waals surface area (Å²) in [7, 11) is 1.63. The van der Waals surface area contributed by atoms with E-state index in [0.29, 0.717) is 24.4 Å². The largest absolute Gasteiger partial charge is 0.496 e. The van der Waals surface area contributed by atoms with E-state index in [2.05, 4.69) is 48.5 Å². The fourth-order valence-corrected chi connectivity index (χ4v) is 2.46. The molecule has 1 aromatic heterocycles. The number of hydrogen-bond donors (Lipinski definition) is 2. The van der Waals surface area contributed by atoms with Crippen molar-refractivity contribution < 1.29 is 9.53 Å². The van der Waals surface area contributed by atoms with Crippen LogP contribution in [-0.4, -0.2) is 40.2 Å². The first-order chi connectivity index (χ1) is 10.2. The van der Waals surface area contributed by atoms with Crippen LogP contribution in [0.5, 0.6) is 5.75 Å². The molecule has 0 unspecified atom stereocenters. The molecule has 0 fully saturated rings. The van der Waals surface area contributed by atoms with Crippen molar-refractivity contribution in [3.8, 4) is 5.75 Å². The van der Waals surface area contributed by atoms with Gasteiger partial charge in [0, 0.05) is 28.5 Å². The molecule has 1 amide bonds. The summed E-state index contributed by atoms with van der Waals surface area (Å²) >= 11 is 2.25. The Morgan fingerprint density at radius 1 is 1.48 bits per heavy atom. The van der Waals surface area contributed by atoms with Crippen molar-refractivity contribution in [3.05, 3.63) is 35.2 Å². The van der Waals surface area contributed by atoms with E-state index in [0.717, 1.165) is 22.2 Å². The summed E-state index contributed by atoms with van der Waals surface area (Å²) in [4.78, 5) is 12.1. The summed E-state index contributed by atoms with van der Waals surface area (Å²) in [6, 6.07) is 5.45. The van der Waals surface area contributed by atoms with Crippen LogP contribution in [-0.2, 0) is 10.8 Å². The molecule has 7 nitrogen and oxygen atoms in total. The first kappa shape index (κ1) is 15.7. The zero-order chi connectivity index (χ0) is 15.1. The average molecular weight is 401 g/mol. The fraction of sp³-hybridized carbons (Fsp3) is 0.385. The number of rotatable bonds is 7. The number of carbonyl (C=O) groups excluding carboxylic acids is 1. The Kier molecular flexibility index (Phi) is 5.90. The van der Waals surface area contributed by atoms with Gasteiger partial charge in [0.2, 0.25) is 0 Å². The van der Waals surface area contributed by atoms with Crippen LogP contribution in [0.2, 0.25) is 0 Å². The van der Waals surface area contributed by atoms with Gasteiger partial charge in [0.05, 0.1) is 7.11 Å². The molecule has 0 aliphatic rings. The van der Waals surface area contributed by atoms with Gasteiger partial charge in [-0.2, -0.15) is 5.21 Å². The number of aryl methyl sites for hydroxylation is 1. The van der Waals surface area contributed by atoms with Crippen molar-refractivity contribution in [1.82, 2.24) is 25.9 Å². The van der Waals surface area contributed by atoms with Gasteiger partial charge in [-0.15, -0.1) is 10.2 Å². The van der Waals surface area contributed by atoms with E-state index in [-0.39, 0.29) is 5.91 Å². The number of nitrogens with zero attached hydrogens (tertiary/aromatic N) is 3. The molecule has 1 aromatic carbocycles. The number of aromatic amines is 1. The molecular weight excluding hydrogens is 385 g/mol. The molecule has 0 aliphatic heterocycles. The number of tetrazole rings is 1. The molecule has 0 spiro atoms. The van der Waals surface area contributed by atoms with E-state index in [9.17, 15) is 4.79 Å². The molecule has 1 heterocycles. The van der Waals surface area contributed by atoms with Gasteiger partial charge in [0.15, 0.2) is 5.82 Å². The number of ether oxygens (including phenoxy) is 1. The van der Waals surface area contributed by atoms with Crippen LogP contribution < -0.4 is 10.1 Å². The van der Waals surface area contributed by atoms with Crippen LogP contribution in [0, 0.1) is 0 Å². The zero-order valence-electron chi connectivity index (χ0n) is 11.6. The number of nitrogens with one attached hydrogen (secondary N) is 2. The van der Waals surface area contributed by atoms with E-state index < -0.39 is 0 Å². The second-order valence-corrected chi connectivity index (χ2v) is 5.11. The van der Waals surface area contributed by atoms with Crippen LogP contribution in [0.25, 0.3) is 0 Å². The topological polar surface area (TPSA) is 92.8 Å². The lowest BCUT2D eigenvalue weighted by Crippen LogP contribution is -2.25. The predicted octanol–water partition coefficient (Wildman–Crippen LogP) is 1.51. The van der Waals surface area contributed by atoms with Crippen molar-refractivity contribution in [2.45, 2.75) is 17.3 Å². The Bertz CT molecular complexity index is 588. The summed E-state index contributed by atoms with van der Waals surface area (Å²) in [5, 5.41) is 16.5. The van der Waals surface area contributed by atoms with Gasteiger partial charge in [-0.25, -0.2) is 0 Å². The summed E-state index contributed by atoms with van der Waals surface area (Å²) < 4.78 is 6.04. The number of alkyl halides is 1. The quantitative estimate of drug-likeness (QED) is 0.417. The first-order valence-corrected chi connectivity index (χ1v) is 8.00.